The summed E-state index contributed by atoms with van der Waals surface area (Å²) in [7, 11) is 0. The van der Waals surface area contributed by atoms with E-state index in [1.54, 1.807) is 11.0 Å². The van der Waals surface area contributed by atoms with E-state index >= 15 is 0 Å². The molecule has 0 spiro atoms. The van der Waals surface area contributed by atoms with Gasteiger partial charge in [-0.3, -0.25) is 24.6 Å². The summed E-state index contributed by atoms with van der Waals surface area (Å²) in [5.41, 5.74) is 1.80. The third-order valence-corrected chi connectivity index (χ3v) is 7.97. The highest BCUT2D eigenvalue weighted by atomic mass is 16.5. The van der Waals surface area contributed by atoms with Crippen molar-refractivity contribution in [2.24, 2.45) is 5.41 Å². The predicted octanol–water partition coefficient (Wildman–Crippen LogP) is 2.50. The molecule has 34 heavy (non-hydrogen) atoms. The quantitative estimate of drug-likeness (QED) is 0.644. The molecule has 3 saturated heterocycles. The van der Waals surface area contributed by atoms with Crippen molar-refractivity contribution in [3.8, 4) is 5.75 Å². The highest BCUT2D eigenvalue weighted by molar-refractivity contribution is 6.05. The largest absolute Gasteiger partial charge is 0.492 e. The third-order valence-electron chi connectivity index (χ3n) is 7.97. The van der Waals surface area contributed by atoms with Crippen LogP contribution in [-0.2, 0) is 20.9 Å². The lowest BCUT2D eigenvalue weighted by Gasteiger charge is -2.43. The van der Waals surface area contributed by atoms with Crippen LogP contribution in [0.3, 0.4) is 0 Å². The lowest BCUT2D eigenvalue weighted by Crippen LogP contribution is -2.52. The van der Waals surface area contributed by atoms with Gasteiger partial charge in [-0.15, -0.1) is 0 Å². The smallest absolute Gasteiger partial charge is 0.255 e. The molecule has 1 aromatic rings. The van der Waals surface area contributed by atoms with Crippen molar-refractivity contribution in [1.29, 1.82) is 0 Å². The van der Waals surface area contributed by atoms with E-state index in [0.29, 0.717) is 36.6 Å². The fourth-order valence-electron chi connectivity index (χ4n) is 5.80. The minimum Gasteiger partial charge on any atom is -0.492 e. The maximum Gasteiger partial charge on any atom is 0.255 e. The number of hydrogen-bond donors (Lipinski definition) is 1. The van der Waals surface area contributed by atoms with Crippen molar-refractivity contribution in [3.63, 3.8) is 0 Å². The average Bonchev–Trinajstić information content (AvgIpc) is 3.14. The zero-order valence-corrected chi connectivity index (χ0v) is 20.0. The molecule has 4 aliphatic heterocycles. The molecule has 2 atom stereocenters. The second-order valence-corrected chi connectivity index (χ2v) is 10.6. The number of hydrogen-bond acceptors (Lipinski definition) is 6. The van der Waals surface area contributed by atoms with Gasteiger partial charge in [-0.1, -0.05) is 13.3 Å². The van der Waals surface area contributed by atoms with Crippen LogP contribution >= 0.6 is 0 Å². The van der Waals surface area contributed by atoms with Gasteiger partial charge >= 0.3 is 0 Å². The van der Waals surface area contributed by atoms with Crippen molar-refractivity contribution in [2.75, 3.05) is 32.9 Å². The normalized spacial score (nSPS) is 27.4. The Bertz CT molecular complexity index is 958. The lowest BCUT2D eigenvalue weighted by atomic mass is 9.81. The number of ether oxygens (including phenoxy) is 2. The zero-order valence-electron chi connectivity index (χ0n) is 20.0. The van der Waals surface area contributed by atoms with Gasteiger partial charge in [0.25, 0.3) is 5.91 Å². The number of nitrogens with one attached hydrogen (secondary N) is 1. The van der Waals surface area contributed by atoms with Crippen molar-refractivity contribution in [3.05, 3.63) is 29.3 Å². The number of carbonyl (C=O) groups excluding carboxylic acids is 3. The van der Waals surface area contributed by atoms with Gasteiger partial charge in [-0.2, -0.15) is 0 Å². The van der Waals surface area contributed by atoms with Gasteiger partial charge in [-0.05, 0) is 67.8 Å². The molecular weight excluding hydrogens is 434 g/mol. The van der Waals surface area contributed by atoms with E-state index < -0.39 is 6.04 Å². The molecule has 0 radical (unpaired) electrons. The molecule has 0 bridgehead atoms. The number of nitrogens with zero attached hydrogens (tertiary/aromatic N) is 2. The van der Waals surface area contributed by atoms with Gasteiger partial charge in [0.1, 0.15) is 18.4 Å². The maximum absolute atomic E-state index is 12.9. The van der Waals surface area contributed by atoms with Crippen LogP contribution in [0.4, 0.5) is 0 Å². The molecule has 184 valence electrons. The van der Waals surface area contributed by atoms with Gasteiger partial charge in [0.15, 0.2) is 0 Å². The summed E-state index contributed by atoms with van der Waals surface area (Å²) in [5, 5.41) is 2.35. The van der Waals surface area contributed by atoms with E-state index in [9.17, 15) is 14.4 Å². The van der Waals surface area contributed by atoms with Crippen molar-refractivity contribution >= 4 is 17.7 Å². The van der Waals surface area contributed by atoms with E-state index in [1.165, 1.54) is 12.8 Å². The Morgan fingerprint density at radius 2 is 1.97 bits per heavy atom. The molecule has 3 amide bonds. The Morgan fingerprint density at radius 1 is 1.15 bits per heavy atom. The van der Waals surface area contributed by atoms with E-state index in [-0.39, 0.29) is 24.1 Å². The SMILES string of the molecule is CC1(CN2CCCC[C@@H]2COc2ccc3c(c2)CN(C2CCC(=O)NC2=O)C3=O)CCOCC1. The Morgan fingerprint density at radius 3 is 2.76 bits per heavy atom. The summed E-state index contributed by atoms with van der Waals surface area (Å²) in [4.78, 5) is 40.8. The highest BCUT2D eigenvalue weighted by Gasteiger charge is 2.39. The van der Waals surface area contributed by atoms with E-state index in [1.807, 2.05) is 12.1 Å². The van der Waals surface area contributed by atoms with Crippen molar-refractivity contribution in [2.45, 2.75) is 70.5 Å². The van der Waals surface area contributed by atoms with E-state index in [4.69, 9.17) is 9.47 Å². The number of rotatable bonds is 6. The van der Waals surface area contributed by atoms with Crippen LogP contribution in [0.5, 0.6) is 5.75 Å². The summed E-state index contributed by atoms with van der Waals surface area (Å²) in [6, 6.07) is 5.40. The van der Waals surface area contributed by atoms with Crippen LogP contribution in [-0.4, -0.2) is 72.5 Å². The van der Waals surface area contributed by atoms with Gasteiger partial charge in [-0.25, -0.2) is 0 Å². The second kappa shape index (κ2) is 9.66. The van der Waals surface area contributed by atoms with Gasteiger partial charge in [0.2, 0.25) is 11.8 Å². The molecule has 8 nitrogen and oxygen atoms in total. The molecule has 1 unspecified atom stereocenters. The number of likely N-dealkylation sites (tertiary alicyclic amines) is 1. The average molecular weight is 470 g/mol. The predicted molar refractivity (Wildman–Crippen MR) is 125 cm³/mol. The number of benzene rings is 1. The Kier molecular flexibility index (Phi) is 6.62. The lowest BCUT2D eigenvalue weighted by molar-refractivity contribution is -0.136. The number of piperidine rings is 2. The van der Waals surface area contributed by atoms with Gasteiger partial charge in [0.05, 0.1) is 0 Å². The topological polar surface area (TPSA) is 88.2 Å². The molecular formula is C26H35N3O5. The van der Waals surface area contributed by atoms with Crippen LogP contribution < -0.4 is 10.1 Å². The van der Waals surface area contributed by atoms with Crippen LogP contribution in [0.2, 0.25) is 0 Å². The van der Waals surface area contributed by atoms with Crippen LogP contribution in [0.15, 0.2) is 18.2 Å². The van der Waals surface area contributed by atoms with Gasteiger partial charge in [0, 0.05) is 44.3 Å². The summed E-state index contributed by atoms with van der Waals surface area (Å²) < 4.78 is 11.8. The van der Waals surface area contributed by atoms with Gasteiger partial charge < -0.3 is 14.4 Å². The number of amides is 3. The Labute approximate surface area is 200 Å². The summed E-state index contributed by atoms with van der Waals surface area (Å²) in [6.45, 7) is 7.30. The molecule has 0 aliphatic carbocycles. The number of imide groups is 1. The molecule has 8 heteroatoms. The standard InChI is InChI=1S/C26H35N3O5/c1-26(9-12-33-13-10-26)17-28-11-3-2-4-19(28)16-34-20-5-6-21-18(14-20)15-29(25(21)32)22-7-8-23(30)27-24(22)31/h5-6,14,19,22H,2-4,7-13,15-17H2,1H3,(H,27,30,31)/t19-,22?/m1/s1. The van der Waals surface area contributed by atoms with Crippen LogP contribution in [0, 0.1) is 5.41 Å². The molecule has 1 N–H and O–H groups in total. The second-order valence-electron chi connectivity index (χ2n) is 10.6. The molecule has 3 fully saturated rings. The first-order valence-electron chi connectivity index (χ1n) is 12.6. The monoisotopic (exact) mass is 469 g/mol. The molecule has 0 saturated carbocycles. The minimum absolute atomic E-state index is 0.154. The van der Waals surface area contributed by atoms with E-state index in [0.717, 1.165) is 56.9 Å². The minimum atomic E-state index is -0.593. The fraction of sp³-hybridized carbons (Fsp3) is 0.654. The molecule has 1 aromatic carbocycles. The highest BCUT2D eigenvalue weighted by Crippen LogP contribution is 2.34. The summed E-state index contributed by atoms with van der Waals surface area (Å²) in [5.74, 6) is -0.0492. The van der Waals surface area contributed by atoms with Crippen molar-refractivity contribution < 1.29 is 23.9 Å². The Balaban J connectivity index is 1.21. The summed E-state index contributed by atoms with van der Waals surface area (Å²) in [6.07, 6.45) is 6.45. The zero-order chi connectivity index (χ0) is 23.7. The van der Waals surface area contributed by atoms with Crippen LogP contribution in [0.25, 0.3) is 0 Å². The molecule has 5 rings (SSSR count). The molecule has 4 aliphatic rings. The first kappa shape index (κ1) is 23.3. The number of fused-ring (bicyclic) bond motifs is 1. The summed E-state index contributed by atoms with van der Waals surface area (Å²) >= 11 is 0. The van der Waals surface area contributed by atoms with E-state index in [2.05, 4.69) is 17.1 Å². The fourth-order valence-corrected chi connectivity index (χ4v) is 5.80. The first-order chi connectivity index (χ1) is 16.4. The maximum atomic E-state index is 12.9. The number of carbonyl (C=O) groups is 3. The third kappa shape index (κ3) is 4.84. The van der Waals surface area contributed by atoms with Crippen LogP contribution in [0.1, 0.15) is 67.8 Å². The van der Waals surface area contributed by atoms with Crippen molar-refractivity contribution in [1.82, 2.24) is 15.1 Å². The first-order valence-corrected chi connectivity index (χ1v) is 12.6. The molecule has 0 aromatic heterocycles. The Hall–Kier alpha value is -2.45. The molecule has 4 heterocycles.